The minimum atomic E-state index is -0.168. The van der Waals surface area contributed by atoms with Crippen LogP contribution in [0.2, 0.25) is 0 Å². The molecule has 62 valence electrons. The summed E-state index contributed by atoms with van der Waals surface area (Å²) in [6.07, 6.45) is 0. The normalized spacial score (nSPS) is 14.3. The Kier molecular flexibility index (Phi) is 1.77. The standard InChI is InChI=1S/C10H14Si2/c1-7-5-6-11-9(3)10(4)12(11)8(7)2/h5-6H,1-4H3. The minimum absolute atomic E-state index is 0.155. The first-order valence-corrected chi connectivity index (χ1v) is 8.49. The maximum atomic E-state index is 2.50. The first-order valence-electron chi connectivity index (χ1n) is 4.41. The highest BCUT2D eigenvalue weighted by Gasteiger charge is 2.11. The Bertz CT molecular complexity index is 469. The van der Waals surface area contributed by atoms with Crippen LogP contribution in [0.25, 0.3) is 0 Å². The molecule has 2 rings (SSSR count). The van der Waals surface area contributed by atoms with Crippen LogP contribution in [0.3, 0.4) is 0 Å². The molecule has 0 N–H and O–H groups in total. The van der Waals surface area contributed by atoms with Crippen LogP contribution >= 0.6 is 0 Å². The van der Waals surface area contributed by atoms with Crippen molar-refractivity contribution in [3.05, 3.63) is 32.8 Å². The van der Waals surface area contributed by atoms with Gasteiger partial charge in [-0.3, -0.25) is 0 Å². The van der Waals surface area contributed by atoms with E-state index in [0.717, 1.165) is 0 Å². The van der Waals surface area contributed by atoms with Crippen molar-refractivity contribution in [2.24, 2.45) is 0 Å². The van der Waals surface area contributed by atoms with Gasteiger partial charge in [-0.2, -0.15) is 0 Å². The maximum absolute atomic E-state index is 2.50. The van der Waals surface area contributed by atoms with Gasteiger partial charge in [0.05, 0.1) is 15.0 Å². The molecule has 2 heterocycles. The van der Waals surface area contributed by atoms with Crippen LogP contribution in [-0.4, -0.2) is 15.0 Å². The summed E-state index contributed by atoms with van der Waals surface area (Å²) in [7, 11) is -0.323. The molecule has 0 fully saturated rings. The molecule has 2 heteroatoms. The molecule has 1 aromatic heterocycles. The molecule has 0 spiro atoms. The first-order chi connectivity index (χ1) is 5.63. The minimum Gasteiger partial charge on any atom is -0.0767 e. The molecule has 0 radical (unpaired) electrons. The van der Waals surface area contributed by atoms with Gasteiger partial charge in [-0.05, 0) is 27.7 Å². The van der Waals surface area contributed by atoms with Crippen LogP contribution < -0.4 is 0 Å². The highest BCUT2D eigenvalue weighted by molar-refractivity contribution is 6.98. The summed E-state index contributed by atoms with van der Waals surface area (Å²) >= 11 is 0. The second kappa shape index (κ2) is 2.57. The number of rotatable bonds is 0. The highest BCUT2D eigenvalue weighted by atomic mass is 29.0. The SMILES string of the molecule is CC1=[si]2ccc(C)c(C)[si]2=C1C. The Morgan fingerprint density at radius 1 is 1.00 bits per heavy atom. The summed E-state index contributed by atoms with van der Waals surface area (Å²) in [6, 6.07) is 2.34. The molecule has 0 saturated heterocycles. The van der Waals surface area contributed by atoms with E-state index in [1.165, 1.54) is 5.56 Å². The van der Waals surface area contributed by atoms with Gasteiger partial charge in [0.1, 0.15) is 0 Å². The number of hydrogen-bond donors (Lipinski definition) is 0. The molecular weight excluding hydrogens is 176 g/mol. The fourth-order valence-corrected chi connectivity index (χ4v) is 11.7. The van der Waals surface area contributed by atoms with Crippen LogP contribution in [0.15, 0.2) is 11.7 Å². The maximum Gasteiger partial charge on any atom is 0.0572 e. The zero-order valence-electron chi connectivity index (χ0n) is 8.15. The van der Waals surface area contributed by atoms with E-state index in [2.05, 4.69) is 39.4 Å². The van der Waals surface area contributed by atoms with Crippen LogP contribution in [0.5, 0.6) is 0 Å². The van der Waals surface area contributed by atoms with Crippen LogP contribution in [0, 0.1) is 24.2 Å². The molecule has 0 nitrogen and oxygen atoms in total. The molecule has 0 unspecified atom stereocenters. The predicted octanol–water partition coefficient (Wildman–Crippen LogP) is 2.17. The lowest BCUT2D eigenvalue weighted by molar-refractivity contribution is 1.26. The zero-order chi connectivity index (χ0) is 8.88. The van der Waals surface area contributed by atoms with E-state index in [4.69, 9.17) is 0 Å². The van der Waals surface area contributed by atoms with Gasteiger partial charge in [-0.15, -0.1) is 0 Å². The van der Waals surface area contributed by atoms with Crippen molar-refractivity contribution in [1.82, 2.24) is 0 Å². The average Bonchev–Trinajstić information content (AvgIpc) is 2.08. The van der Waals surface area contributed by atoms with Crippen LogP contribution in [-0.2, 0) is 0 Å². The summed E-state index contributed by atoms with van der Waals surface area (Å²) in [5.74, 6) is 0. The third-order valence-corrected chi connectivity index (χ3v) is 13.3. The summed E-state index contributed by atoms with van der Waals surface area (Å²) in [4.78, 5) is 0. The van der Waals surface area contributed by atoms with Crippen molar-refractivity contribution in [2.45, 2.75) is 27.7 Å². The Labute approximate surface area is 76.0 Å². The second-order valence-corrected chi connectivity index (χ2v) is 11.0. The smallest absolute Gasteiger partial charge is 0.0572 e. The Morgan fingerprint density at radius 3 is 2.33 bits per heavy atom. The summed E-state index contributed by atoms with van der Waals surface area (Å²) in [5.41, 5.74) is 4.04. The second-order valence-electron chi connectivity index (χ2n) is 3.68. The van der Waals surface area contributed by atoms with Crippen molar-refractivity contribution < 1.29 is 0 Å². The third kappa shape index (κ3) is 0.881. The molecule has 0 bridgehead atoms. The number of aryl methyl sites for hydroxylation is 1. The van der Waals surface area contributed by atoms with Gasteiger partial charge in [-0.25, -0.2) is 0 Å². The van der Waals surface area contributed by atoms with Crippen molar-refractivity contribution >= 4 is 15.0 Å². The van der Waals surface area contributed by atoms with Crippen molar-refractivity contribution in [1.29, 1.82) is 0 Å². The molecule has 12 heavy (non-hydrogen) atoms. The highest BCUT2D eigenvalue weighted by Crippen LogP contribution is 2.13. The topological polar surface area (TPSA) is 0 Å². The van der Waals surface area contributed by atoms with E-state index >= 15 is 0 Å². The van der Waals surface area contributed by atoms with Gasteiger partial charge in [0.15, 0.2) is 0 Å². The Hall–Kier alpha value is -0.346. The van der Waals surface area contributed by atoms with Gasteiger partial charge < -0.3 is 0 Å². The van der Waals surface area contributed by atoms with Gasteiger partial charge in [0.25, 0.3) is 0 Å². The molecule has 0 aliphatic carbocycles. The van der Waals surface area contributed by atoms with Crippen molar-refractivity contribution in [2.75, 3.05) is 0 Å². The quantitative estimate of drug-likeness (QED) is 0.550. The first kappa shape index (κ1) is 8.26. The average molecular weight is 190 g/mol. The molecule has 1 aliphatic heterocycles. The summed E-state index contributed by atoms with van der Waals surface area (Å²) in [5, 5.41) is 5.20. The fourth-order valence-electron chi connectivity index (χ4n) is 1.94. The lowest BCUT2D eigenvalue weighted by Gasteiger charge is -2.16. The van der Waals surface area contributed by atoms with E-state index in [-0.39, 0.29) is 15.0 Å². The molecule has 0 aromatic carbocycles. The largest absolute Gasteiger partial charge is 0.0767 e. The zero-order valence-corrected chi connectivity index (χ0v) is 10.2. The third-order valence-electron chi connectivity index (χ3n) is 3.08. The van der Waals surface area contributed by atoms with Crippen LogP contribution in [0.1, 0.15) is 24.6 Å². The number of hydrogen-bond acceptors (Lipinski definition) is 0. The van der Waals surface area contributed by atoms with Gasteiger partial charge in [0, 0.05) is 0 Å². The Balaban J connectivity index is 2.96. The molecule has 1 aliphatic rings. The lowest BCUT2D eigenvalue weighted by atomic mass is 10.3. The van der Waals surface area contributed by atoms with E-state index in [9.17, 15) is 0 Å². The molecule has 0 amide bonds. The van der Waals surface area contributed by atoms with Crippen molar-refractivity contribution in [3.8, 4) is 0 Å². The Morgan fingerprint density at radius 2 is 1.67 bits per heavy atom. The monoisotopic (exact) mass is 190 g/mol. The number of fused-ring (bicyclic) bond motifs is 1. The summed E-state index contributed by atoms with van der Waals surface area (Å²) < 4.78 is 0. The van der Waals surface area contributed by atoms with Crippen LogP contribution in [0.4, 0.5) is 0 Å². The van der Waals surface area contributed by atoms with E-state index in [0.29, 0.717) is 0 Å². The van der Waals surface area contributed by atoms with Gasteiger partial charge in [0.2, 0.25) is 0 Å². The molecule has 1 aromatic rings. The van der Waals surface area contributed by atoms with Crippen molar-refractivity contribution in [3.63, 3.8) is 0 Å². The molecule has 0 atom stereocenters. The fraction of sp³-hybridized carbons (Fsp3) is 0.400. The van der Waals surface area contributed by atoms with E-state index in [1.807, 2.05) is 0 Å². The lowest BCUT2D eigenvalue weighted by Crippen LogP contribution is -2.20. The van der Waals surface area contributed by atoms with Gasteiger partial charge in [-0.1, -0.05) is 32.8 Å². The predicted molar refractivity (Wildman–Crippen MR) is 56.4 cm³/mol. The van der Waals surface area contributed by atoms with Gasteiger partial charge >= 0.3 is 0 Å². The summed E-state index contributed by atoms with van der Waals surface area (Å²) in [6.45, 7) is 9.26. The van der Waals surface area contributed by atoms with E-state index in [1.54, 1.807) is 15.5 Å². The molecule has 0 saturated carbocycles. The molecular formula is C10H14Si2. The van der Waals surface area contributed by atoms with E-state index < -0.39 is 0 Å².